The Morgan fingerprint density at radius 2 is 2.33 bits per heavy atom. The molecule has 0 fully saturated rings. The van der Waals surface area contributed by atoms with Crippen LogP contribution in [0.25, 0.3) is 0 Å². The maximum atomic E-state index is 5.27. The lowest BCUT2D eigenvalue weighted by atomic mass is 10.4. The number of guanidine groups is 1. The minimum Gasteiger partial charge on any atom is -0.382 e. The lowest BCUT2D eigenvalue weighted by Crippen LogP contribution is -2.37. The van der Waals surface area contributed by atoms with E-state index in [-0.39, 0.29) is 0 Å². The predicted octanol–water partition coefficient (Wildman–Crippen LogP) is 0.512. The Labute approximate surface area is 108 Å². The molecule has 0 aliphatic heterocycles. The number of rotatable bonds is 7. The minimum absolute atomic E-state index is 0.710. The Morgan fingerprint density at radius 1 is 1.50 bits per heavy atom. The first kappa shape index (κ1) is 14.5. The van der Waals surface area contributed by atoms with Gasteiger partial charge in [0.2, 0.25) is 0 Å². The summed E-state index contributed by atoms with van der Waals surface area (Å²) in [6.45, 7) is 5.12. The molecule has 6 heteroatoms. The Kier molecular flexibility index (Phi) is 6.86. The molecule has 6 nitrogen and oxygen atoms in total. The number of aromatic nitrogens is 2. The first-order valence-corrected chi connectivity index (χ1v) is 6.27. The normalized spacial score (nSPS) is 11.6. The van der Waals surface area contributed by atoms with Gasteiger partial charge in [0.05, 0.1) is 12.2 Å². The Morgan fingerprint density at radius 3 is 2.94 bits per heavy atom. The van der Waals surface area contributed by atoms with E-state index >= 15 is 0 Å². The fourth-order valence-corrected chi connectivity index (χ4v) is 1.49. The zero-order valence-corrected chi connectivity index (χ0v) is 11.4. The molecule has 0 saturated heterocycles. The van der Waals surface area contributed by atoms with Crippen molar-refractivity contribution < 1.29 is 4.74 Å². The number of aliphatic imine (C=N–C) groups is 1. The first-order valence-electron chi connectivity index (χ1n) is 6.27. The Bertz CT molecular complexity index is 361. The van der Waals surface area contributed by atoms with Crippen LogP contribution < -0.4 is 10.6 Å². The molecule has 1 aromatic heterocycles. The summed E-state index contributed by atoms with van der Waals surface area (Å²) in [5.74, 6) is 0.799. The van der Waals surface area contributed by atoms with Gasteiger partial charge in [-0.1, -0.05) is 0 Å². The second-order valence-corrected chi connectivity index (χ2v) is 3.85. The highest BCUT2D eigenvalue weighted by Gasteiger charge is 2.00. The maximum absolute atomic E-state index is 5.27. The van der Waals surface area contributed by atoms with Crippen molar-refractivity contribution >= 4 is 5.96 Å². The van der Waals surface area contributed by atoms with Crippen LogP contribution in [0.2, 0.25) is 0 Å². The number of ether oxygens (including phenoxy) is 1. The third-order valence-electron chi connectivity index (χ3n) is 2.55. The third-order valence-corrected chi connectivity index (χ3v) is 2.55. The predicted molar refractivity (Wildman–Crippen MR) is 72.5 cm³/mol. The van der Waals surface area contributed by atoms with Gasteiger partial charge >= 0.3 is 0 Å². The van der Waals surface area contributed by atoms with Gasteiger partial charge in [-0.2, -0.15) is 5.10 Å². The molecule has 1 heterocycles. The summed E-state index contributed by atoms with van der Waals surface area (Å²) in [6.07, 6.45) is 2.76. The molecule has 1 rings (SSSR count). The van der Waals surface area contributed by atoms with Crippen molar-refractivity contribution in [3.8, 4) is 0 Å². The highest BCUT2D eigenvalue weighted by atomic mass is 16.5. The van der Waals surface area contributed by atoms with Gasteiger partial charge in [-0.3, -0.25) is 9.67 Å². The Balaban J connectivity index is 2.20. The van der Waals surface area contributed by atoms with Gasteiger partial charge in [0.1, 0.15) is 0 Å². The van der Waals surface area contributed by atoms with Crippen LogP contribution in [0.1, 0.15) is 19.0 Å². The molecule has 0 saturated carbocycles. The fourth-order valence-electron chi connectivity index (χ4n) is 1.49. The van der Waals surface area contributed by atoms with Crippen LogP contribution >= 0.6 is 0 Å². The summed E-state index contributed by atoms with van der Waals surface area (Å²) in [4.78, 5) is 4.16. The molecule has 2 N–H and O–H groups in total. The standard InChI is InChI=1S/C12H23N5O/c1-4-18-9-5-7-14-12(13-2)15-10-11-6-8-16-17(11)3/h6,8H,4-5,7,9-10H2,1-3H3,(H2,13,14,15). The van der Waals surface area contributed by atoms with E-state index in [1.165, 1.54) is 0 Å². The summed E-state index contributed by atoms with van der Waals surface area (Å²) in [5.41, 5.74) is 1.12. The van der Waals surface area contributed by atoms with E-state index in [1.54, 1.807) is 13.2 Å². The molecular formula is C12H23N5O. The van der Waals surface area contributed by atoms with Crippen LogP contribution in [0.4, 0.5) is 0 Å². The van der Waals surface area contributed by atoms with Crippen LogP contribution in [0.5, 0.6) is 0 Å². The maximum Gasteiger partial charge on any atom is 0.191 e. The molecule has 0 aliphatic rings. The number of hydrogen-bond acceptors (Lipinski definition) is 3. The zero-order chi connectivity index (χ0) is 13.2. The van der Waals surface area contributed by atoms with Gasteiger partial charge in [0.15, 0.2) is 5.96 Å². The van der Waals surface area contributed by atoms with Crippen molar-refractivity contribution in [3.05, 3.63) is 18.0 Å². The molecule has 0 bridgehead atoms. The number of aryl methyl sites for hydroxylation is 1. The van der Waals surface area contributed by atoms with E-state index in [9.17, 15) is 0 Å². The van der Waals surface area contributed by atoms with Crippen molar-refractivity contribution in [2.24, 2.45) is 12.0 Å². The lowest BCUT2D eigenvalue weighted by Gasteiger charge is -2.11. The van der Waals surface area contributed by atoms with E-state index in [2.05, 4.69) is 20.7 Å². The molecule has 0 spiro atoms. The number of nitrogens with one attached hydrogen (secondary N) is 2. The summed E-state index contributed by atoms with van der Waals surface area (Å²) >= 11 is 0. The summed E-state index contributed by atoms with van der Waals surface area (Å²) in [6, 6.07) is 1.98. The van der Waals surface area contributed by atoms with Crippen molar-refractivity contribution in [2.75, 3.05) is 26.8 Å². The van der Waals surface area contributed by atoms with E-state index in [4.69, 9.17) is 4.74 Å². The van der Waals surface area contributed by atoms with Gasteiger partial charge in [-0.25, -0.2) is 0 Å². The second-order valence-electron chi connectivity index (χ2n) is 3.85. The molecule has 0 unspecified atom stereocenters. The fraction of sp³-hybridized carbons (Fsp3) is 0.667. The van der Waals surface area contributed by atoms with Crippen LogP contribution in [-0.2, 0) is 18.3 Å². The minimum atomic E-state index is 0.710. The van der Waals surface area contributed by atoms with E-state index in [0.29, 0.717) is 6.54 Å². The molecular weight excluding hydrogens is 230 g/mol. The van der Waals surface area contributed by atoms with Gasteiger partial charge in [-0.15, -0.1) is 0 Å². The molecule has 0 amide bonds. The molecule has 0 radical (unpaired) electrons. The Hall–Kier alpha value is -1.56. The highest BCUT2D eigenvalue weighted by Crippen LogP contribution is 1.94. The quantitative estimate of drug-likeness (QED) is 0.422. The lowest BCUT2D eigenvalue weighted by molar-refractivity contribution is 0.145. The number of hydrogen-bond donors (Lipinski definition) is 2. The van der Waals surface area contributed by atoms with Crippen molar-refractivity contribution in [3.63, 3.8) is 0 Å². The van der Waals surface area contributed by atoms with E-state index in [0.717, 1.165) is 37.8 Å². The van der Waals surface area contributed by atoms with Crippen molar-refractivity contribution in [1.82, 2.24) is 20.4 Å². The summed E-state index contributed by atoms with van der Waals surface area (Å²) in [5, 5.41) is 10.6. The highest BCUT2D eigenvalue weighted by molar-refractivity contribution is 5.79. The molecule has 0 atom stereocenters. The smallest absolute Gasteiger partial charge is 0.191 e. The van der Waals surface area contributed by atoms with Gasteiger partial charge in [0.25, 0.3) is 0 Å². The van der Waals surface area contributed by atoms with Crippen LogP contribution in [0.3, 0.4) is 0 Å². The monoisotopic (exact) mass is 253 g/mol. The second kappa shape index (κ2) is 8.52. The summed E-state index contributed by atoms with van der Waals surface area (Å²) in [7, 11) is 3.69. The van der Waals surface area contributed by atoms with Gasteiger partial charge < -0.3 is 15.4 Å². The van der Waals surface area contributed by atoms with Gasteiger partial charge in [0, 0.05) is 40.1 Å². The van der Waals surface area contributed by atoms with Crippen molar-refractivity contribution in [2.45, 2.75) is 19.9 Å². The molecule has 0 aliphatic carbocycles. The zero-order valence-electron chi connectivity index (χ0n) is 11.4. The van der Waals surface area contributed by atoms with Crippen LogP contribution in [0.15, 0.2) is 17.3 Å². The SMILES string of the molecule is CCOCCCNC(=NC)NCc1ccnn1C. The van der Waals surface area contributed by atoms with Crippen LogP contribution in [0, 0.1) is 0 Å². The topological polar surface area (TPSA) is 63.5 Å². The summed E-state index contributed by atoms with van der Waals surface area (Å²) < 4.78 is 7.11. The van der Waals surface area contributed by atoms with E-state index < -0.39 is 0 Å². The van der Waals surface area contributed by atoms with E-state index in [1.807, 2.05) is 24.7 Å². The average molecular weight is 253 g/mol. The largest absolute Gasteiger partial charge is 0.382 e. The van der Waals surface area contributed by atoms with Gasteiger partial charge in [-0.05, 0) is 19.4 Å². The third kappa shape index (κ3) is 5.18. The number of nitrogens with zero attached hydrogens (tertiary/aromatic N) is 3. The van der Waals surface area contributed by atoms with Crippen LogP contribution in [-0.4, -0.2) is 42.5 Å². The average Bonchev–Trinajstić information content (AvgIpc) is 2.78. The molecule has 0 aromatic carbocycles. The molecule has 1 aromatic rings. The van der Waals surface area contributed by atoms with Crippen molar-refractivity contribution in [1.29, 1.82) is 0 Å². The molecule has 18 heavy (non-hydrogen) atoms. The molecule has 102 valence electrons. The first-order chi connectivity index (χ1) is 8.77.